The molecule has 0 saturated heterocycles. The molecule has 0 saturated carbocycles. The SMILES string of the molecule is CCC[C@@H](NC(=O)c1n[nH]c2c1CCCCC2)c1ccc2c(c1)OCCO2. The summed E-state index contributed by atoms with van der Waals surface area (Å²) in [6.45, 7) is 3.25. The maximum atomic E-state index is 13.0. The Hall–Kier alpha value is -2.50. The van der Waals surface area contributed by atoms with E-state index in [9.17, 15) is 4.79 Å². The van der Waals surface area contributed by atoms with E-state index in [0.29, 0.717) is 18.9 Å². The topological polar surface area (TPSA) is 76.2 Å². The smallest absolute Gasteiger partial charge is 0.272 e. The lowest BCUT2D eigenvalue weighted by molar-refractivity contribution is 0.0928. The van der Waals surface area contributed by atoms with Gasteiger partial charge in [0, 0.05) is 11.3 Å². The van der Waals surface area contributed by atoms with E-state index >= 15 is 0 Å². The van der Waals surface area contributed by atoms with Gasteiger partial charge in [-0.2, -0.15) is 5.10 Å². The van der Waals surface area contributed by atoms with Crippen molar-refractivity contribution in [3.05, 3.63) is 40.7 Å². The standard InChI is InChI=1S/C21H27N3O3/c1-2-6-16(14-9-10-18-19(13-14)27-12-11-26-18)22-21(25)20-15-7-4-3-5-8-17(15)23-24-20/h9-10,13,16H,2-8,11-12H2,1H3,(H,22,25)(H,23,24)/t16-/m1/s1. The maximum Gasteiger partial charge on any atom is 0.272 e. The second-order valence-corrected chi connectivity index (χ2v) is 7.31. The average molecular weight is 369 g/mol. The van der Waals surface area contributed by atoms with E-state index < -0.39 is 0 Å². The van der Waals surface area contributed by atoms with E-state index in [1.807, 2.05) is 18.2 Å². The number of rotatable bonds is 5. The average Bonchev–Trinajstić information content (AvgIpc) is 2.96. The molecule has 0 unspecified atom stereocenters. The lowest BCUT2D eigenvalue weighted by Crippen LogP contribution is -2.29. The number of aromatic amines is 1. The third-order valence-corrected chi connectivity index (χ3v) is 5.37. The fourth-order valence-corrected chi connectivity index (χ4v) is 3.96. The van der Waals surface area contributed by atoms with Crippen LogP contribution in [0.5, 0.6) is 11.5 Å². The molecule has 27 heavy (non-hydrogen) atoms. The monoisotopic (exact) mass is 369 g/mol. The van der Waals surface area contributed by atoms with Crippen LogP contribution in [0.1, 0.15) is 72.4 Å². The van der Waals surface area contributed by atoms with Crippen molar-refractivity contribution < 1.29 is 14.3 Å². The Kier molecular flexibility index (Phi) is 5.32. The first-order valence-corrected chi connectivity index (χ1v) is 10.0. The Morgan fingerprint density at radius 3 is 2.85 bits per heavy atom. The van der Waals surface area contributed by atoms with Crippen LogP contribution in [0, 0.1) is 0 Å². The summed E-state index contributed by atoms with van der Waals surface area (Å²) in [5, 5.41) is 10.6. The second-order valence-electron chi connectivity index (χ2n) is 7.31. The van der Waals surface area contributed by atoms with Gasteiger partial charge < -0.3 is 14.8 Å². The van der Waals surface area contributed by atoms with Crippen LogP contribution in [-0.4, -0.2) is 29.3 Å². The molecule has 0 fully saturated rings. The van der Waals surface area contributed by atoms with E-state index in [1.54, 1.807) is 0 Å². The molecule has 1 amide bonds. The van der Waals surface area contributed by atoms with Gasteiger partial charge in [-0.3, -0.25) is 9.89 Å². The fourth-order valence-electron chi connectivity index (χ4n) is 3.96. The van der Waals surface area contributed by atoms with Crippen molar-refractivity contribution in [3.8, 4) is 11.5 Å². The number of fused-ring (bicyclic) bond motifs is 2. The largest absolute Gasteiger partial charge is 0.486 e. The van der Waals surface area contributed by atoms with Crippen molar-refractivity contribution in [1.82, 2.24) is 15.5 Å². The van der Waals surface area contributed by atoms with Gasteiger partial charge in [-0.05, 0) is 49.8 Å². The number of amides is 1. The van der Waals surface area contributed by atoms with Gasteiger partial charge >= 0.3 is 0 Å². The van der Waals surface area contributed by atoms with Crippen molar-refractivity contribution in [2.75, 3.05) is 13.2 Å². The van der Waals surface area contributed by atoms with Gasteiger partial charge in [0.2, 0.25) is 0 Å². The number of aromatic nitrogens is 2. The Bertz CT molecular complexity index is 815. The molecule has 1 aromatic carbocycles. The molecule has 2 heterocycles. The Morgan fingerprint density at radius 1 is 1.19 bits per heavy atom. The Labute approximate surface area is 159 Å². The highest BCUT2D eigenvalue weighted by Crippen LogP contribution is 2.34. The zero-order chi connectivity index (χ0) is 18.6. The molecule has 1 aliphatic heterocycles. The van der Waals surface area contributed by atoms with E-state index in [0.717, 1.165) is 66.8 Å². The van der Waals surface area contributed by atoms with Gasteiger partial charge in [-0.25, -0.2) is 0 Å². The molecule has 6 heteroatoms. The van der Waals surface area contributed by atoms with Gasteiger partial charge in [0.15, 0.2) is 17.2 Å². The number of carbonyl (C=O) groups excluding carboxylic acids is 1. The van der Waals surface area contributed by atoms with Crippen molar-refractivity contribution in [2.24, 2.45) is 0 Å². The van der Waals surface area contributed by atoms with Gasteiger partial charge in [0.1, 0.15) is 13.2 Å². The Morgan fingerprint density at radius 2 is 2.00 bits per heavy atom. The van der Waals surface area contributed by atoms with Crippen LogP contribution in [0.15, 0.2) is 18.2 Å². The van der Waals surface area contributed by atoms with Crippen LogP contribution in [0.2, 0.25) is 0 Å². The van der Waals surface area contributed by atoms with E-state index in [4.69, 9.17) is 9.47 Å². The molecule has 2 aliphatic rings. The van der Waals surface area contributed by atoms with Crippen molar-refractivity contribution in [3.63, 3.8) is 0 Å². The zero-order valence-corrected chi connectivity index (χ0v) is 15.8. The number of nitrogens with zero attached hydrogens (tertiary/aromatic N) is 1. The molecular weight excluding hydrogens is 342 g/mol. The molecule has 0 bridgehead atoms. The fraction of sp³-hybridized carbons (Fsp3) is 0.524. The van der Waals surface area contributed by atoms with Gasteiger partial charge in [-0.1, -0.05) is 25.8 Å². The summed E-state index contributed by atoms with van der Waals surface area (Å²) in [5.74, 6) is 1.43. The van der Waals surface area contributed by atoms with Gasteiger partial charge in [0.05, 0.1) is 6.04 Å². The third kappa shape index (κ3) is 3.80. The molecule has 144 valence electrons. The normalized spacial score (nSPS) is 16.9. The summed E-state index contributed by atoms with van der Waals surface area (Å²) in [5.41, 5.74) is 3.83. The quantitative estimate of drug-likeness (QED) is 0.788. The van der Waals surface area contributed by atoms with Crippen LogP contribution in [0.4, 0.5) is 0 Å². The van der Waals surface area contributed by atoms with Crippen molar-refractivity contribution in [2.45, 2.75) is 57.9 Å². The first-order chi connectivity index (χ1) is 13.3. The van der Waals surface area contributed by atoms with Crippen LogP contribution in [-0.2, 0) is 12.8 Å². The van der Waals surface area contributed by atoms with Crippen molar-refractivity contribution in [1.29, 1.82) is 0 Å². The highest BCUT2D eigenvalue weighted by atomic mass is 16.6. The lowest BCUT2D eigenvalue weighted by Gasteiger charge is -2.23. The molecule has 1 atom stereocenters. The van der Waals surface area contributed by atoms with Gasteiger partial charge in [0.25, 0.3) is 5.91 Å². The summed E-state index contributed by atoms with van der Waals surface area (Å²) in [4.78, 5) is 13.0. The number of carbonyl (C=O) groups is 1. The van der Waals surface area contributed by atoms with E-state index in [2.05, 4.69) is 22.4 Å². The van der Waals surface area contributed by atoms with E-state index in [-0.39, 0.29) is 11.9 Å². The van der Waals surface area contributed by atoms with E-state index in [1.165, 1.54) is 6.42 Å². The minimum absolute atomic E-state index is 0.0727. The summed E-state index contributed by atoms with van der Waals surface area (Å²) in [6, 6.07) is 5.86. The van der Waals surface area contributed by atoms with Crippen molar-refractivity contribution >= 4 is 5.91 Å². The minimum Gasteiger partial charge on any atom is -0.486 e. The predicted molar refractivity (Wildman–Crippen MR) is 102 cm³/mol. The highest BCUT2D eigenvalue weighted by molar-refractivity contribution is 5.94. The molecule has 0 radical (unpaired) electrons. The molecule has 6 nitrogen and oxygen atoms in total. The molecule has 0 spiro atoms. The molecule has 4 rings (SSSR count). The highest BCUT2D eigenvalue weighted by Gasteiger charge is 2.24. The summed E-state index contributed by atoms with van der Waals surface area (Å²) in [7, 11) is 0. The number of aryl methyl sites for hydroxylation is 1. The molecule has 2 aromatic rings. The molecule has 1 aliphatic carbocycles. The number of hydrogen-bond donors (Lipinski definition) is 2. The summed E-state index contributed by atoms with van der Waals surface area (Å²) < 4.78 is 11.3. The molecule has 2 N–H and O–H groups in total. The van der Waals surface area contributed by atoms with Gasteiger partial charge in [-0.15, -0.1) is 0 Å². The van der Waals surface area contributed by atoms with Crippen LogP contribution in [0.3, 0.4) is 0 Å². The Balaban J connectivity index is 1.55. The van der Waals surface area contributed by atoms with Crippen LogP contribution >= 0.6 is 0 Å². The molecule has 1 aromatic heterocycles. The first-order valence-electron chi connectivity index (χ1n) is 10.0. The summed E-state index contributed by atoms with van der Waals surface area (Å²) >= 11 is 0. The second kappa shape index (κ2) is 8.03. The number of benzene rings is 1. The van der Waals surface area contributed by atoms with Crippen LogP contribution in [0.25, 0.3) is 0 Å². The summed E-state index contributed by atoms with van der Waals surface area (Å²) in [6.07, 6.45) is 7.22. The zero-order valence-electron chi connectivity index (χ0n) is 15.8. The number of ether oxygens (including phenoxy) is 2. The third-order valence-electron chi connectivity index (χ3n) is 5.37. The minimum atomic E-state index is -0.0947. The maximum absolute atomic E-state index is 13.0. The molecular formula is C21H27N3O3. The number of hydrogen-bond acceptors (Lipinski definition) is 4. The number of nitrogens with one attached hydrogen (secondary N) is 2. The first kappa shape index (κ1) is 17.9. The predicted octanol–water partition coefficient (Wildman–Crippen LogP) is 3.72. The number of H-pyrrole nitrogens is 1. The van der Waals surface area contributed by atoms with Crippen LogP contribution < -0.4 is 14.8 Å². The lowest BCUT2D eigenvalue weighted by atomic mass is 10.0.